The van der Waals surface area contributed by atoms with Crippen LogP contribution in [0.2, 0.25) is 0 Å². The summed E-state index contributed by atoms with van der Waals surface area (Å²) < 4.78 is 5.08. The quantitative estimate of drug-likeness (QED) is 0.475. The van der Waals surface area contributed by atoms with E-state index in [1.165, 1.54) is 4.90 Å². The van der Waals surface area contributed by atoms with Crippen molar-refractivity contribution in [1.29, 1.82) is 0 Å². The lowest BCUT2D eigenvalue weighted by Gasteiger charge is -2.35. The first kappa shape index (κ1) is 22.7. The number of carbonyl (C=O) groups is 1. The van der Waals surface area contributed by atoms with Gasteiger partial charge in [-0.15, -0.1) is 11.8 Å². The minimum absolute atomic E-state index is 0.0336. The van der Waals surface area contributed by atoms with Crippen LogP contribution in [-0.2, 0) is 4.74 Å². The number of amides is 2. The summed E-state index contributed by atoms with van der Waals surface area (Å²) in [6.07, 6.45) is 1.16. The molecule has 2 atom stereocenters. The fourth-order valence-corrected chi connectivity index (χ4v) is 4.61. The van der Waals surface area contributed by atoms with Gasteiger partial charge in [0.1, 0.15) is 0 Å². The second kappa shape index (κ2) is 11.4. The molecule has 2 amide bonds. The Bertz CT molecular complexity index is 777. The van der Waals surface area contributed by atoms with Gasteiger partial charge in [-0.25, -0.2) is 4.79 Å². The number of aliphatic hydroxyl groups excluding tert-OH is 1. The lowest BCUT2D eigenvalue weighted by atomic mass is 9.87. The molecular weight excluding hydrogens is 396 g/mol. The van der Waals surface area contributed by atoms with Gasteiger partial charge in [-0.3, -0.25) is 0 Å². The van der Waals surface area contributed by atoms with Gasteiger partial charge < -0.3 is 20.1 Å². The van der Waals surface area contributed by atoms with Gasteiger partial charge in [-0.05, 0) is 48.9 Å². The lowest BCUT2D eigenvalue weighted by molar-refractivity contribution is 0.0662. The molecule has 0 aliphatic carbocycles. The van der Waals surface area contributed by atoms with E-state index in [1.54, 1.807) is 18.9 Å². The van der Waals surface area contributed by atoms with Crippen LogP contribution in [0.5, 0.6) is 0 Å². The first-order valence-corrected chi connectivity index (χ1v) is 11.6. The molecule has 0 aromatic heterocycles. The summed E-state index contributed by atoms with van der Waals surface area (Å²) in [6, 6.07) is 18.0. The molecule has 6 heteroatoms. The first-order valence-electron chi connectivity index (χ1n) is 10.6. The van der Waals surface area contributed by atoms with Crippen LogP contribution in [0.3, 0.4) is 0 Å². The number of methoxy groups -OCH3 is 1. The SMILES string of the molecule is COCCSc1ccc(C(C)NC(=O)N2CCC(C(O)c3ccccc3)CC2)cc1. The Morgan fingerprint density at radius 2 is 1.80 bits per heavy atom. The zero-order valence-corrected chi connectivity index (χ0v) is 18.6. The van der Waals surface area contributed by atoms with Gasteiger partial charge in [0.15, 0.2) is 0 Å². The van der Waals surface area contributed by atoms with Crippen molar-refractivity contribution in [2.45, 2.75) is 36.8 Å². The molecule has 1 fully saturated rings. The Hall–Kier alpha value is -2.02. The third-order valence-corrected chi connectivity index (χ3v) is 6.67. The van der Waals surface area contributed by atoms with Crippen LogP contribution in [0.1, 0.15) is 43.0 Å². The number of piperidine rings is 1. The molecule has 2 unspecified atom stereocenters. The van der Waals surface area contributed by atoms with Crippen molar-refractivity contribution in [3.05, 3.63) is 65.7 Å². The van der Waals surface area contributed by atoms with Gasteiger partial charge in [0.05, 0.1) is 18.8 Å². The molecule has 0 radical (unpaired) electrons. The number of ether oxygens (including phenoxy) is 1. The van der Waals surface area contributed by atoms with Gasteiger partial charge in [-0.1, -0.05) is 42.5 Å². The third-order valence-electron chi connectivity index (χ3n) is 5.69. The summed E-state index contributed by atoms with van der Waals surface area (Å²) in [5.41, 5.74) is 2.05. The predicted octanol–water partition coefficient (Wildman–Crippen LogP) is 4.64. The van der Waals surface area contributed by atoms with Crippen molar-refractivity contribution in [3.8, 4) is 0 Å². The molecule has 2 N–H and O–H groups in total. The van der Waals surface area contributed by atoms with Crippen molar-refractivity contribution in [3.63, 3.8) is 0 Å². The van der Waals surface area contributed by atoms with E-state index in [0.29, 0.717) is 13.1 Å². The molecule has 5 nitrogen and oxygen atoms in total. The summed E-state index contributed by atoms with van der Waals surface area (Å²) in [5, 5.41) is 13.7. The summed E-state index contributed by atoms with van der Waals surface area (Å²) >= 11 is 1.76. The van der Waals surface area contributed by atoms with Gasteiger partial charge in [0.2, 0.25) is 0 Å². The number of rotatable bonds is 8. The second-order valence-electron chi connectivity index (χ2n) is 7.76. The zero-order valence-electron chi connectivity index (χ0n) is 17.8. The summed E-state index contributed by atoms with van der Waals surface area (Å²) in [6.45, 7) is 4.08. The van der Waals surface area contributed by atoms with E-state index in [9.17, 15) is 9.90 Å². The average Bonchev–Trinajstić information content (AvgIpc) is 2.80. The minimum Gasteiger partial charge on any atom is -0.388 e. The Kier molecular flexibility index (Phi) is 8.61. The fourth-order valence-electron chi connectivity index (χ4n) is 3.80. The molecule has 0 bridgehead atoms. The standard InChI is InChI=1S/C24H32N2O3S/c1-18(19-8-10-22(11-9-19)30-17-16-29-2)25-24(28)26-14-12-21(13-15-26)23(27)20-6-4-3-5-7-20/h3-11,18,21,23,27H,12-17H2,1-2H3,(H,25,28). The third kappa shape index (κ3) is 6.24. The molecule has 1 aliphatic heterocycles. The highest BCUT2D eigenvalue weighted by atomic mass is 32.2. The molecular formula is C24H32N2O3S. The highest BCUT2D eigenvalue weighted by Gasteiger charge is 2.28. The maximum absolute atomic E-state index is 12.7. The van der Waals surface area contributed by atoms with Gasteiger partial charge in [-0.2, -0.15) is 0 Å². The first-order chi connectivity index (χ1) is 14.6. The van der Waals surface area contributed by atoms with Crippen LogP contribution in [0, 0.1) is 5.92 Å². The van der Waals surface area contributed by atoms with E-state index in [2.05, 4.69) is 29.6 Å². The van der Waals surface area contributed by atoms with E-state index in [1.807, 2.05) is 42.2 Å². The molecule has 3 rings (SSSR count). The van der Waals surface area contributed by atoms with E-state index in [-0.39, 0.29) is 18.0 Å². The average molecular weight is 429 g/mol. The number of likely N-dealkylation sites (tertiary alicyclic amines) is 1. The number of hydrogen-bond acceptors (Lipinski definition) is 4. The largest absolute Gasteiger partial charge is 0.388 e. The van der Waals surface area contributed by atoms with Crippen molar-refractivity contribution in [1.82, 2.24) is 10.2 Å². The van der Waals surface area contributed by atoms with Gasteiger partial charge >= 0.3 is 6.03 Å². The van der Waals surface area contributed by atoms with Crippen molar-refractivity contribution in [2.24, 2.45) is 5.92 Å². The molecule has 0 spiro atoms. The molecule has 1 saturated heterocycles. The number of nitrogens with zero attached hydrogens (tertiary/aromatic N) is 1. The van der Waals surface area contributed by atoms with Crippen LogP contribution in [0.4, 0.5) is 4.79 Å². The maximum atomic E-state index is 12.7. The van der Waals surface area contributed by atoms with Gasteiger partial charge in [0, 0.05) is 30.8 Å². The lowest BCUT2D eigenvalue weighted by Crippen LogP contribution is -2.45. The summed E-state index contributed by atoms with van der Waals surface area (Å²) in [5.74, 6) is 1.12. The van der Waals surface area contributed by atoms with Crippen molar-refractivity contribution < 1.29 is 14.6 Å². The molecule has 2 aromatic carbocycles. The Morgan fingerprint density at radius 1 is 1.13 bits per heavy atom. The predicted molar refractivity (Wildman–Crippen MR) is 122 cm³/mol. The Morgan fingerprint density at radius 3 is 2.43 bits per heavy atom. The molecule has 2 aromatic rings. The highest BCUT2D eigenvalue weighted by Crippen LogP contribution is 2.30. The van der Waals surface area contributed by atoms with Gasteiger partial charge in [0.25, 0.3) is 0 Å². The number of hydrogen-bond donors (Lipinski definition) is 2. The Balaban J connectivity index is 1.46. The molecule has 30 heavy (non-hydrogen) atoms. The normalized spacial score (nSPS) is 16.8. The number of urea groups is 1. The van der Waals surface area contributed by atoms with Crippen LogP contribution in [0.15, 0.2) is 59.5 Å². The zero-order chi connectivity index (χ0) is 21.3. The monoisotopic (exact) mass is 428 g/mol. The number of benzene rings is 2. The van der Waals surface area contributed by atoms with Crippen LogP contribution in [0.25, 0.3) is 0 Å². The van der Waals surface area contributed by atoms with E-state index >= 15 is 0 Å². The van der Waals surface area contributed by atoms with Crippen LogP contribution < -0.4 is 5.32 Å². The number of thioether (sulfide) groups is 1. The fraction of sp³-hybridized carbons (Fsp3) is 0.458. The molecule has 1 heterocycles. The topological polar surface area (TPSA) is 61.8 Å². The number of carbonyl (C=O) groups excluding carboxylic acids is 1. The van der Waals surface area contributed by atoms with E-state index in [4.69, 9.17) is 4.74 Å². The van der Waals surface area contributed by atoms with E-state index in [0.717, 1.165) is 36.3 Å². The smallest absolute Gasteiger partial charge is 0.317 e. The number of aliphatic hydroxyl groups is 1. The van der Waals surface area contributed by atoms with Crippen molar-refractivity contribution in [2.75, 3.05) is 32.6 Å². The second-order valence-corrected chi connectivity index (χ2v) is 8.93. The highest BCUT2D eigenvalue weighted by molar-refractivity contribution is 7.99. The van der Waals surface area contributed by atoms with E-state index < -0.39 is 6.10 Å². The molecule has 162 valence electrons. The molecule has 1 aliphatic rings. The van der Waals surface area contributed by atoms with Crippen LogP contribution >= 0.6 is 11.8 Å². The Labute approximate surface area is 183 Å². The molecule has 0 saturated carbocycles. The summed E-state index contributed by atoms with van der Waals surface area (Å²) in [4.78, 5) is 15.8. The maximum Gasteiger partial charge on any atom is 0.317 e. The summed E-state index contributed by atoms with van der Waals surface area (Å²) in [7, 11) is 1.71. The minimum atomic E-state index is -0.462. The van der Waals surface area contributed by atoms with Crippen molar-refractivity contribution >= 4 is 17.8 Å². The number of nitrogens with one attached hydrogen (secondary N) is 1. The van der Waals surface area contributed by atoms with Crippen LogP contribution in [-0.4, -0.2) is 48.6 Å².